The Morgan fingerprint density at radius 3 is 2.86 bits per heavy atom. The quantitative estimate of drug-likeness (QED) is 0.441. The van der Waals surface area contributed by atoms with E-state index in [1.54, 1.807) is 13.0 Å². The highest BCUT2D eigenvalue weighted by atomic mass is 19.1. The molecule has 0 radical (unpaired) electrons. The highest BCUT2D eigenvalue weighted by Gasteiger charge is 2.09. The summed E-state index contributed by atoms with van der Waals surface area (Å²) in [6.45, 7) is 6.70. The highest BCUT2D eigenvalue weighted by Crippen LogP contribution is 1.94. The van der Waals surface area contributed by atoms with E-state index < -0.39 is 0 Å². The minimum Gasteiger partial charge on any atom is -0.465 e. The molecule has 0 aromatic heterocycles. The van der Waals surface area contributed by atoms with E-state index in [9.17, 15) is 9.18 Å². The Hall–Kier alpha value is -0.900. The van der Waals surface area contributed by atoms with Crippen LogP contribution in [0.25, 0.3) is 0 Å². The predicted octanol–water partition coefficient (Wildman–Crippen LogP) is 1.40. The van der Waals surface area contributed by atoms with Crippen molar-refractivity contribution in [3.05, 3.63) is 12.7 Å². The lowest BCUT2D eigenvalue weighted by molar-refractivity contribution is -0.144. The Balaban J connectivity index is 3.81. The van der Waals surface area contributed by atoms with Crippen LogP contribution in [0.3, 0.4) is 0 Å². The van der Waals surface area contributed by atoms with Crippen LogP contribution in [0.2, 0.25) is 0 Å². The standard InChI is InChI=1S/C10H18FNO2/c1-3-7-12(8-5-6-11)9-10(13)14-4-2/h3H,1,4-9H2,2H3. The molecule has 0 atom stereocenters. The number of hydrogen-bond donors (Lipinski definition) is 0. The topological polar surface area (TPSA) is 29.5 Å². The van der Waals surface area contributed by atoms with Gasteiger partial charge in [-0.1, -0.05) is 6.08 Å². The van der Waals surface area contributed by atoms with Gasteiger partial charge in [0, 0.05) is 13.1 Å². The van der Waals surface area contributed by atoms with Gasteiger partial charge in [0.05, 0.1) is 19.8 Å². The number of alkyl halides is 1. The molecule has 3 nitrogen and oxygen atoms in total. The Kier molecular flexibility index (Phi) is 8.13. The van der Waals surface area contributed by atoms with Crippen LogP contribution in [-0.2, 0) is 9.53 Å². The summed E-state index contributed by atoms with van der Waals surface area (Å²) < 4.78 is 16.7. The van der Waals surface area contributed by atoms with E-state index in [1.807, 2.05) is 4.90 Å². The molecule has 0 fully saturated rings. The largest absolute Gasteiger partial charge is 0.465 e. The minimum absolute atomic E-state index is 0.208. The first-order valence-electron chi connectivity index (χ1n) is 4.79. The molecule has 0 rings (SSSR count). The minimum atomic E-state index is -0.365. The summed E-state index contributed by atoms with van der Waals surface area (Å²) in [5.74, 6) is -0.270. The number of halogens is 1. The summed E-state index contributed by atoms with van der Waals surface area (Å²) in [5, 5.41) is 0. The van der Waals surface area contributed by atoms with Gasteiger partial charge in [0.2, 0.25) is 0 Å². The smallest absolute Gasteiger partial charge is 0.320 e. The van der Waals surface area contributed by atoms with Crippen LogP contribution in [0.4, 0.5) is 4.39 Å². The molecule has 0 aliphatic heterocycles. The molecule has 0 spiro atoms. The lowest BCUT2D eigenvalue weighted by atomic mass is 10.4. The van der Waals surface area contributed by atoms with Crippen molar-refractivity contribution in [3.63, 3.8) is 0 Å². The molecule has 0 aliphatic rings. The van der Waals surface area contributed by atoms with Crippen molar-refractivity contribution >= 4 is 5.97 Å². The summed E-state index contributed by atoms with van der Waals surface area (Å²) in [7, 11) is 0. The maximum Gasteiger partial charge on any atom is 0.320 e. The third-order valence-electron chi connectivity index (χ3n) is 1.65. The highest BCUT2D eigenvalue weighted by molar-refractivity contribution is 5.71. The van der Waals surface area contributed by atoms with Crippen molar-refractivity contribution in [2.24, 2.45) is 0 Å². The Labute approximate surface area is 84.5 Å². The van der Waals surface area contributed by atoms with E-state index in [0.29, 0.717) is 26.1 Å². The maximum absolute atomic E-state index is 11.9. The first kappa shape index (κ1) is 13.1. The molecule has 0 aromatic carbocycles. The van der Waals surface area contributed by atoms with Crippen molar-refractivity contribution in [2.75, 3.05) is 32.9 Å². The second-order valence-electron chi connectivity index (χ2n) is 2.87. The molecule has 4 heteroatoms. The molecule has 0 heterocycles. The number of carbonyl (C=O) groups is 1. The number of rotatable bonds is 8. The van der Waals surface area contributed by atoms with Crippen LogP contribution >= 0.6 is 0 Å². The molecule has 0 N–H and O–H groups in total. The summed E-state index contributed by atoms with van der Waals surface area (Å²) in [5.41, 5.74) is 0. The predicted molar refractivity (Wildman–Crippen MR) is 53.9 cm³/mol. The second-order valence-corrected chi connectivity index (χ2v) is 2.87. The van der Waals surface area contributed by atoms with Gasteiger partial charge in [0.15, 0.2) is 0 Å². The first-order chi connectivity index (χ1) is 6.74. The Bertz CT molecular complexity index is 174. The van der Waals surface area contributed by atoms with Crippen LogP contribution in [0.1, 0.15) is 13.3 Å². The molecule has 0 aliphatic carbocycles. The third kappa shape index (κ3) is 6.60. The molecule has 0 saturated carbocycles. The van der Waals surface area contributed by atoms with Gasteiger partial charge in [-0.15, -0.1) is 6.58 Å². The fraction of sp³-hybridized carbons (Fsp3) is 0.700. The van der Waals surface area contributed by atoms with Crippen LogP contribution in [0.15, 0.2) is 12.7 Å². The van der Waals surface area contributed by atoms with E-state index in [0.717, 1.165) is 0 Å². The monoisotopic (exact) mass is 203 g/mol. The van der Waals surface area contributed by atoms with Crippen LogP contribution in [0, 0.1) is 0 Å². The van der Waals surface area contributed by atoms with Gasteiger partial charge in [-0.2, -0.15) is 0 Å². The SMILES string of the molecule is C=CCN(CCCF)CC(=O)OCC. The van der Waals surface area contributed by atoms with Crippen molar-refractivity contribution < 1.29 is 13.9 Å². The summed E-state index contributed by atoms with van der Waals surface area (Å²) in [6.07, 6.45) is 2.13. The molecule has 0 amide bonds. The zero-order valence-corrected chi connectivity index (χ0v) is 8.67. The van der Waals surface area contributed by atoms with Crippen LogP contribution in [-0.4, -0.2) is 43.8 Å². The summed E-state index contributed by atoms with van der Waals surface area (Å²) >= 11 is 0. The van der Waals surface area contributed by atoms with E-state index in [4.69, 9.17) is 4.74 Å². The van der Waals surface area contributed by atoms with Crippen molar-refractivity contribution in [3.8, 4) is 0 Å². The van der Waals surface area contributed by atoms with Gasteiger partial charge in [0.1, 0.15) is 0 Å². The zero-order chi connectivity index (χ0) is 10.8. The fourth-order valence-electron chi connectivity index (χ4n) is 1.09. The number of nitrogens with zero attached hydrogens (tertiary/aromatic N) is 1. The van der Waals surface area contributed by atoms with E-state index in [2.05, 4.69) is 6.58 Å². The Morgan fingerprint density at radius 1 is 1.64 bits per heavy atom. The van der Waals surface area contributed by atoms with Crippen molar-refractivity contribution in [1.29, 1.82) is 0 Å². The van der Waals surface area contributed by atoms with Gasteiger partial charge < -0.3 is 4.74 Å². The van der Waals surface area contributed by atoms with Crippen LogP contribution < -0.4 is 0 Å². The number of ether oxygens (including phenoxy) is 1. The van der Waals surface area contributed by atoms with Gasteiger partial charge >= 0.3 is 5.97 Å². The Morgan fingerprint density at radius 2 is 2.36 bits per heavy atom. The summed E-state index contributed by atoms with van der Waals surface area (Å²) in [4.78, 5) is 12.9. The van der Waals surface area contributed by atoms with E-state index in [1.165, 1.54) is 0 Å². The average Bonchev–Trinajstić information content (AvgIpc) is 2.15. The maximum atomic E-state index is 11.9. The number of esters is 1. The molecular weight excluding hydrogens is 185 g/mol. The first-order valence-corrected chi connectivity index (χ1v) is 4.79. The van der Waals surface area contributed by atoms with Gasteiger partial charge in [-0.05, 0) is 13.3 Å². The second kappa shape index (κ2) is 8.69. The molecule has 0 saturated heterocycles. The van der Waals surface area contributed by atoms with Crippen molar-refractivity contribution in [1.82, 2.24) is 4.90 Å². The normalized spacial score (nSPS) is 10.2. The molecule has 14 heavy (non-hydrogen) atoms. The van der Waals surface area contributed by atoms with E-state index >= 15 is 0 Å². The van der Waals surface area contributed by atoms with Crippen molar-refractivity contribution in [2.45, 2.75) is 13.3 Å². The molecular formula is C10H18FNO2. The van der Waals surface area contributed by atoms with Gasteiger partial charge in [-0.3, -0.25) is 14.1 Å². The average molecular weight is 203 g/mol. The lowest BCUT2D eigenvalue weighted by Gasteiger charge is -2.18. The van der Waals surface area contributed by atoms with Gasteiger partial charge in [0.25, 0.3) is 0 Å². The summed E-state index contributed by atoms with van der Waals surface area (Å²) in [6, 6.07) is 0. The molecule has 0 bridgehead atoms. The molecule has 0 unspecified atom stereocenters. The van der Waals surface area contributed by atoms with Gasteiger partial charge in [-0.25, -0.2) is 0 Å². The number of hydrogen-bond acceptors (Lipinski definition) is 3. The van der Waals surface area contributed by atoms with Crippen LogP contribution in [0.5, 0.6) is 0 Å². The number of carbonyl (C=O) groups excluding carboxylic acids is 1. The lowest BCUT2D eigenvalue weighted by Crippen LogP contribution is -2.32. The van der Waals surface area contributed by atoms with E-state index in [-0.39, 0.29) is 19.2 Å². The third-order valence-corrected chi connectivity index (χ3v) is 1.65. The zero-order valence-electron chi connectivity index (χ0n) is 8.67. The fourth-order valence-corrected chi connectivity index (χ4v) is 1.09. The molecule has 82 valence electrons. The molecule has 0 aromatic rings.